The van der Waals surface area contributed by atoms with Gasteiger partial charge in [-0.15, -0.1) is 0 Å². The summed E-state index contributed by atoms with van der Waals surface area (Å²) in [6.45, 7) is 5.43. The van der Waals surface area contributed by atoms with Crippen LogP contribution in [-0.2, 0) is 11.3 Å². The third-order valence-corrected chi connectivity index (χ3v) is 2.96. The fraction of sp³-hybridized carbons (Fsp3) is 0.692. The van der Waals surface area contributed by atoms with Crippen molar-refractivity contribution in [3.63, 3.8) is 0 Å². The lowest BCUT2D eigenvalue weighted by Gasteiger charge is -2.27. The number of ether oxygens (including phenoxy) is 1. The number of halogens is 2. The van der Waals surface area contributed by atoms with Crippen molar-refractivity contribution in [3.05, 3.63) is 11.9 Å². The van der Waals surface area contributed by atoms with Crippen molar-refractivity contribution < 1.29 is 18.3 Å². The Balaban J connectivity index is 2.13. The van der Waals surface area contributed by atoms with E-state index in [9.17, 15) is 13.6 Å². The van der Waals surface area contributed by atoms with Crippen molar-refractivity contribution in [2.75, 3.05) is 11.9 Å². The van der Waals surface area contributed by atoms with Crippen LogP contribution in [0.25, 0.3) is 0 Å². The first kappa shape index (κ1) is 15.5. The van der Waals surface area contributed by atoms with Crippen LogP contribution in [0.3, 0.4) is 0 Å². The molecule has 1 aliphatic heterocycles. The Bertz CT molecular complexity index is 511. The van der Waals surface area contributed by atoms with Crippen LogP contribution in [0.2, 0.25) is 0 Å². The van der Waals surface area contributed by atoms with Crippen LogP contribution < -0.4 is 10.6 Å². The molecule has 2 N–H and O–H groups in total. The molecule has 118 valence electrons. The zero-order chi connectivity index (χ0) is 15.6. The highest BCUT2D eigenvalue weighted by molar-refractivity contribution is 5.69. The second kappa shape index (κ2) is 5.87. The first-order valence-electron chi connectivity index (χ1n) is 6.83. The van der Waals surface area contributed by atoms with Gasteiger partial charge >= 0.3 is 6.09 Å². The quantitative estimate of drug-likeness (QED) is 0.900. The van der Waals surface area contributed by atoms with Crippen molar-refractivity contribution in [3.8, 4) is 0 Å². The van der Waals surface area contributed by atoms with E-state index >= 15 is 0 Å². The molecule has 1 amide bonds. The summed E-state index contributed by atoms with van der Waals surface area (Å²) in [5.41, 5.74) is 0.624. The van der Waals surface area contributed by atoms with Gasteiger partial charge in [0.05, 0.1) is 23.6 Å². The van der Waals surface area contributed by atoms with Crippen molar-refractivity contribution in [1.82, 2.24) is 15.1 Å². The van der Waals surface area contributed by atoms with E-state index in [4.69, 9.17) is 4.74 Å². The minimum atomic E-state index is -2.50. The largest absolute Gasteiger partial charge is 0.444 e. The minimum absolute atomic E-state index is 0.391. The average Bonchev–Trinajstić information content (AvgIpc) is 2.70. The minimum Gasteiger partial charge on any atom is -0.444 e. The molecule has 8 heteroatoms. The van der Waals surface area contributed by atoms with Crippen molar-refractivity contribution in [2.24, 2.45) is 0 Å². The highest BCUT2D eigenvalue weighted by atomic mass is 19.3. The summed E-state index contributed by atoms with van der Waals surface area (Å²) in [6, 6.07) is -0.391. The SMILES string of the molecule is CC(C)(C)OC(=O)NC1CCNc2cnn(CC(F)F)c21. The molecule has 1 aromatic heterocycles. The summed E-state index contributed by atoms with van der Waals surface area (Å²) in [5, 5.41) is 9.76. The number of rotatable bonds is 3. The van der Waals surface area contributed by atoms with E-state index in [1.165, 1.54) is 10.9 Å². The molecule has 1 aromatic rings. The maximum Gasteiger partial charge on any atom is 0.408 e. The average molecular weight is 302 g/mol. The number of amides is 1. The Morgan fingerprint density at radius 1 is 1.62 bits per heavy atom. The van der Waals surface area contributed by atoms with Gasteiger partial charge in [0.1, 0.15) is 12.1 Å². The van der Waals surface area contributed by atoms with Crippen LogP contribution in [0.5, 0.6) is 0 Å². The summed E-state index contributed by atoms with van der Waals surface area (Å²) in [6.07, 6.45) is -0.981. The number of fused-ring (bicyclic) bond motifs is 1. The van der Waals surface area contributed by atoms with Crippen LogP contribution in [0.4, 0.5) is 19.3 Å². The molecule has 0 fully saturated rings. The van der Waals surface area contributed by atoms with Gasteiger partial charge in [-0.05, 0) is 27.2 Å². The highest BCUT2D eigenvalue weighted by Gasteiger charge is 2.28. The first-order chi connectivity index (χ1) is 9.76. The Kier molecular flexibility index (Phi) is 4.34. The lowest BCUT2D eigenvalue weighted by molar-refractivity contribution is 0.0498. The van der Waals surface area contributed by atoms with Gasteiger partial charge in [-0.1, -0.05) is 0 Å². The molecule has 2 heterocycles. The summed E-state index contributed by atoms with van der Waals surface area (Å²) in [7, 11) is 0. The van der Waals surface area contributed by atoms with Crippen molar-refractivity contribution >= 4 is 11.8 Å². The van der Waals surface area contributed by atoms with Crippen LogP contribution in [0, 0.1) is 0 Å². The number of hydrogen-bond donors (Lipinski definition) is 2. The van der Waals surface area contributed by atoms with E-state index in [1.807, 2.05) is 0 Å². The molecule has 0 bridgehead atoms. The molecule has 1 aliphatic rings. The van der Waals surface area contributed by atoms with Gasteiger partial charge < -0.3 is 15.4 Å². The number of carbonyl (C=O) groups is 1. The van der Waals surface area contributed by atoms with E-state index in [1.54, 1.807) is 20.8 Å². The van der Waals surface area contributed by atoms with Crippen molar-refractivity contribution in [1.29, 1.82) is 0 Å². The fourth-order valence-electron chi connectivity index (χ4n) is 2.25. The van der Waals surface area contributed by atoms with Gasteiger partial charge in [0.15, 0.2) is 0 Å². The summed E-state index contributed by atoms with van der Waals surface area (Å²) in [5.74, 6) is 0. The predicted molar refractivity (Wildman–Crippen MR) is 73.4 cm³/mol. The second-order valence-electron chi connectivity index (χ2n) is 5.93. The first-order valence-corrected chi connectivity index (χ1v) is 6.83. The maximum absolute atomic E-state index is 12.6. The summed E-state index contributed by atoms with van der Waals surface area (Å²) < 4.78 is 31.6. The second-order valence-corrected chi connectivity index (χ2v) is 5.93. The number of hydrogen-bond acceptors (Lipinski definition) is 4. The smallest absolute Gasteiger partial charge is 0.408 e. The zero-order valence-electron chi connectivity index (χ0n) is 12.3. The van der Waals surface area contributed by atoms with Crippen LogP contribution in [-0.4, -0.2) is 34.4 Å². The standard InChI is InChI=1S/C13H20F2N4O2/c1-13(2,3)21-12(20)18-8-4-5-16-9-6-17-19(11(8)9)7-10(14)15/h6,8,10,16H,4-5,7H2,1-3H3,(H,18,20). The van der Waals surface area contributed by atoms with E-state index in [-0.39, 0.29) is 0 Å². The molecule has 0 saturated heterocycles. The zero-order valence-corrected chi connectivity index (χ0v) is 12.3. The topological polar surface area (TPSA) is 68.2 Å². The molecular weight excluding hydrogens is 282 g/mol. The van der Waals surface area contributed by atoms with E-state index in [2.05, 4.69) is 15.7 Å². The Morgan fingerprint density at radius 2 is 2.33 bits per heavy atom. The number of anilines is 1. The molecule has 6 nitrogen and oxygen atoms in total. The highest BCUT2D eigenvalue weighted by Crippen LogP contribution is 2.30. The van der Waals surface area contributed by atoms with Gasteiger partial charge in [0, 0.05) is 6.54 Å². The van der Waals surface area contributed by atoms with Gasteiger partial charge in [-0.2, -0.15) is 5.10 Å². The number of alkyl halides is 2. The third kappa shape index (κ3) is 4.05. The monoisotopic (exact) mass is 302 g/mol. The maximum atomic E-state index is 12.6. The molecular formula is C13H20F2N4O2. The molecule has 1 atom stereocenters. The number of nitrogens with one attached hydrogen (secondary N) is 2. The van der Waals surface area contributed by atoms with Crippen molar-refractivity contribution in [2.45, 2.75) is 51.8 Å². The number of aromatic nitrogens is 2. The summed E-state index contributed by atoms with van der Waals surface area (Å²) >= 11 is 0. The molecule has 2 rings (SSSR count). The normalized spacial score (nSPS) is 18.1. The van der Waals surface area contributed by atoms with Gasteiger partial charge in [-0.25, -0.2) is 13.6 Å². The van der Waals surface area contributed by atoms with Crippen LogP contribution >= 0.6 is 0 Å². The molecule has 0 radical (unpaired) electrons. The molecule has 0 aliphatic carbocycles. The van der Waals surface area contributed by atoms with Gasteiger partial charge in [-0.3, -0.25) is 4.68 Å². The number of alkyl carbamates (subject to hydrolysis) is 1. The van der Waals surface area contributed by atoms with Crippen LogP contribution in [0.1, 0.15) is 38.9 Å². The molecule has 0 saturated carbocycles. The lowest BCUT2D eigenvalue weighted by Crippen LogP contribution is -2.38. The Labute approximate surface area is 121 Å². The molecule has 0 spiro atoms. The predicted octanol–water partition coefficient (Wildman–Crippen LogP) is 2.53. The third-order valence-electron chi connectivity index (χ3n) is 2.96. The van der Waals surface area contributed by atoms with Gasteiger partial charge in [0.2, 0.25) is 0 Å². The Hall–Kier alpha value is -1.86. The molecule has 1 unspecified atom stereocenters. The number of nitrogens with zero attached hydrogens (tertiary/aromatic N) is 2. The fourth-order valence-corrected chi connectivity index (χ4v) is 2.25. The number of carbonyl (C=O) groups excluding carboxylic acids is 1. The van der Waals surface area contributed by atoms with E-state index < -0.39 is 30.7 Å². The lowest BCUT2D eigenvalue weighted by atomic mass is 10.1. The Morgan fingerprint density at radius 3 is 2.95 bits per heavy atom. The summed E-state index contributed by atoms with van der Waals surface area (Å²) in [4.78, 5) is 11.9. The molecule has 0 aromatic carbocycles. The van der Waals surface area contributed by atoms with E-state index in [0.717, 1.165) is 0 Å². The van der Waals surface area contributed by atoms with E-state index in [0.29, 0.717) is 24.3 Å². The van der Waals surface area contributed by atoms with Crippen LogP contribution in [0.15, 0.2) is 6.20 Å². The molecule has 21 heavy (non-hydrogen) atoms. The van der Waals surface area contributed by atoms with Gasteiger partial charge in [0.25, 0.3) is 6.43 Å².